The van der Waals surface area contributed by atoms with Gasteiger partial charge in [-0.15, -0.1) is 0 Å². The highest BCUT2D eigenvalue weighted by Crippen LogP contribution is 2.39. The Morgan fingerprint density at radius 2 is 1.68 bits per heavy atom. The number of ketones is 1. The molecule has 14 nitrogen and oxygen atoms in total. The normalized spacial score (nSPS) is 44.9. The number of methoxy groups -OCH3 is 1. The monoisotopic (exact) mass is 630 g/mol. The van der Waals surface area contributed by atoms with Gasteiger partial charge in [-0.3, -0.25) is 9.59 Å². The number of carbonyl (C=O) groups excluding carboxylic acids is 2. The van der Waals surface area contributed by atoms with Gasteiger partial charge in [0.1, 0.15) is 23.6 Å². The maximum atomic E-state index is 13.7. The minimum Gasteiger partial charge on any atom is -0.459 e. The van der Waals surface area contributed by atoms with Gasteiger partial charge in [-0.25, -0.2) is 0 Å². The van der Waals surface area contributed by atoms with E-state index in [4.69, 9.17) is 24.5 Å². The summed E-state index contributed by atoms with van der Waals surface area (Å²) in [7, 11) is 5.15. The van der Waals surface area contributed by atoms with E-state index in [1.807, 2.05) is 25.9 Å². The van der Waals surface area contributed by atoms with Crippen molar-refractivity contribution < 1.29 is 49.0 Å². The van der Waals surface area contributed by atoms with Crippen LogP contribution in [0, 0.1) is 23.7 Å². The van der Waals surface area contributed by atoms with E-state index in [9.17, 15) is 30.0 Å². The molecule has 0 aromatic carbocycles. The zero-order valence-electron chi connectivity index (χ0n) is 27.8. The number of rotatable bonds is 7. The summed E-state index contributed by atoms with van der Waals surface area (Å²) < 4.78 is 24.2. The van der Waals surface area contributed by atoms with E-state index < -0.39 is 77.7 Å². The minimum absolute atomic E-state index is 0.0812. The Morgan fingerprint density at radius 1 is 1.07 bits per heavy atom. The molecule has 0 radical (unpaired) electrons. The van der Waals surface area contributed by atoms with Crippen LogP contribution in [-0.4, -0.2) is 125 Å². The van der Waals surface area contributed by atoms with E-state index in [2.05, 4.69) is 10.0 Å². The maximum absolute atomic E-state index is 13.7. The van der Waals surface area contributed by atoms with Crippen molar-refractivity contribution in [3.8, 4) is 0 Å². The lowest BCUT2D eigenvalue weighted by atomic mass is 9.74. The Labute approximate surface area is 260 Å². The lowest BCUT2D eigenvalue weighted by Crippen LogP contribution is -2.60. The lowest BCUT2D eigenvalue weighted by Gasteiger charge is -2.48. The summed E-state index contributed by atoms with van der Waals surface area (Å²) in [5, 5.41) is 48.9. The fraction of sp³-hybridized carbons (Fsp3) is 0.933. The standard InChI is InChI=1S/C30H54N4O10/c1-15-14-29(6,41-10)26(44-28-24(37)20(34(8)9)13-16(2)42-28)18(4)23(36)19(5)27(39)43-21(11-12-32-33-31)30(7,40)25(38)17(3)22(15)35/h15-21,23-26,28,36-38,40H,11-14H2,1-10H3/t15-,16?,17+,18+,19-,20?,21-,23+,24?,25-,26-,28?,29-,30-/m1/s1. The van der Waals surface area contributed by atoms with Gasteiger partial charge >= 0.3 is 5.97 Å². The van der Waals surface area contributed by atoms with Gasteiger partial charge in [0.25, 0.3) is 0 Å². The second-order valence-electron chi connectivity index (χ2n) is 13.4. The number of cyclic esters (lactones) is 1. The molecule has 0 bridgehead atoms. The molecule has 2 rings (SSSR count). The van der Waals surface area contributed by atoms with E-state index in [1.54, 1.807) is 20.8 Å². The van der Waals surface area contributed by atoms with Crippen molar-refractivity contribution in [3.63, 3.8) is 0 Å². The second-order valence-corrected chi connectivity index (χ2v) is 13.4. The van der Waals surface area contributed by atoms with Crippen LogP contribution >= 0.6 is 0 Å². The molecular formula is C30H54N4O10. The minimum atomic E-state index is -2.10. The van der Waals surface area contributed by atoms with Gasteiger partial charge in [0.2, 0.25) is 0 Å². The highest BCUT2D eigenvalue weighted by Gasteiger charge is 2.52. The lowest BCUT2D eigenvalue weighted by molar-refractivity contribution is -0.301. The molecule has 0 amide bonds. The number of esters is 1. The first kappa shape index (κ1) is 38.3. The zero-order valence-corrected chi connectivity index (χ0v) is 27.8. The number of azide groups is 1. The summed E-state index contributed by atoms with van der Waals surface area (Å²) in [5.74, 6) is -5.02. The molecule has 2 aliphatic heterocycles. The molecule has 0 aliphatic carbocycles. The number of nitrogens with zero attached hydrogens (tertiary/aromatic N) is 4. The number of Topliss-reactive ketones (excluding diaryl/α,β-unsaturated/α-hetero) is 1. The van der Waals surface area contributed by atoms with Gasteiger partial charge in [0.15, 0.2) is 6.29 Å². The first-order valence-corrected chi connectivity index (χ1v) is 15.4. The zero-order chi connectivity index (χ0) is 33.7. The Hall–Kier alpha value is -1.87. The molecule has 0 saturated carbocycles. The average Bonchev–Trinajstić information content (AvgIpc) is 2.97. The van der Waals surface area contributed by atoms with Crippen molar-refractivity contribution in [1.82, 2.24) is 4.90 Å². The van der Waals surface area contributed by atoms with Gasteiger partial charge in [0, 0.05) is 42.4 Å². The number of carbonyl (C=O) groups is 2. The third kappa shape index (κ3) is 8.48. The fourth-order valence-electron chi connectivity index (χ4n) is 6.66. The van der Waals surface area contributed by atoms with Gasteiger partial charge < -0.3 is 44.3 Å². The Kier molecular flexibility index (Phi) is 13.6. The molecule has 4 unspecified atom stereocenters. The summed E-state index contributed by atoms with van der Waals surface area (Å²) in [6.07, 6.45) is -7.27. The van der Waals surface area contributed by atoms with Crippen molar-refractivity contribution in [2.45, 2.75) is 128 Å². The molecule has 0 aromatic rings. The molecular weight excluding hydrogens is 576 g/mol. The molecule has 2 aliphatic rings. The molecule has 4 N–H and O–H groups in total. The molecule has 0 spiro atoms. The Morgan fingerprint density at radius 3 is 2.23 bits per heavy atom. The number of aliphatic hydroxyl groups is 4. The number of aliphatic hydroxyl groups excluding tert-OH is 3. The Balaban J connectivity index is 2.62. The van der Waals surface area contributed by atoms with Crippen LogP contribution in [0.1, 0.15) is 67.7 Å². The number of ether oxygens (including phenoxy) is 4. The third-order valence-electron chi connectivity index (χ3n) is 9.71. The summed E-state index contributed by atoms with van der Waals surface area (Å²) >= 11 is 0. The molecule has 44 heavy (non-hydrogen) atoms. The maximum Gasteiger partial charge on any atom is 0.311 e. The molecule has 0 aromatic heterocycles. The summed E-state index contributed by atoms with van der Waals surface area (Å²) in [4.78, 5) is 31.7. The molecule has 254 valence electrons. The quantitative estimate of drug-likeness (QED) is 0.138. The van der Waals surface area contributed by atoms with Crippen molar-refractivity contribution in [2.24, 2.45) is 28.8 Å². The van der Waals surface area contributed by atoms with E-state index in [0.717, 1.165) is 0 Å². The largest absolute Gasteiger partial charge is 0.459 e. The van der Waals surface area contributed by atoms with Crippen LogP contribution in [0.2, 0.25) is 0 Å². The predicted octanol–water partition coefficient (Wildman–Crippen LogP) is 1.80. The molecule has 2 saturated heterocycles. The van der Waals surface area contributed by atoms with E-state index >= 15 is 0 Å². The average molecular weight is 631 g/mol. The second kappa shape index (κ2) is 15.6. The summed E-state index contributed by atoms with van der Waals surface area (Å²) in [5.41, 5.74) is 5.40. The van der Waals surface area contributed by atoms with Crippen LogP contribution in [0.25, 0.3) is 10.4 Å². The SMILES string of the molecule is CO[C@]1(C)C[C@@H](C)C(=O)[C@H](C)[C@@H](O)[C@](C)(O)[C@@H](CCN=[N+]=[N-])OC(=O)[C@H](C)[C@@H](O)[C@H](C)[C@H]1OC1OC(C)CC(N(C)C)C1O. The van der Waals surface area contributed by atoms with Crippen LogP contribution in [0.3, 0.4) is 0 Å². The topological polar surface area (TPSA) is 204 Å². The molecule has 14 atom stereocenters. The van der Waals surface area contributed by atoms with E-state index in [0.29, 0.717) is 6.42 Å². The van der Waals surface area contributed by atoms with E-state index in [1.165, 1.54) is 27.9 Å². The van der Waals surface area contributed by atoms with Crippen LogP contribution in [0.4, 0.5) is 0 Å². The molecule has 2 heterocycles. The fourth-order valence-corrected chi connectivity index (χ4v) is 6.66. The van der Waals surface area contributed by atoms with Gasteiger partial charge in [0.05, 0.1) is 35.9 Å². The highest BCUT2D eigenvalue weighted by atomic mass is 16.7. The van der Waals surface area contributed by atoms with Crippen LogP contribution in [0.15, 0.2) is 5.11 Å². The molecule has 2 fully saturated rings. The number of hydrogen-bond acceptors (Lipinski definition) is 12. The van der Waals surface area contributed by atoms with Crippen molar-refractivity contribution in [2.75, 3.05) is 27.7 Å². The Bertz CT molecular complexity index is 1020. The van der Waals surface area contributed by atoms with Crippen molar-refractivity contribution in [3.05, 3.63) is 10.4 Å². The number of hydrogen-bond donors (Lipinski definition) is 4. The van der Waals surface area contributed by atoms with Crippen molar-refractivity contribution >= 4 is 11.8 Å². The van der Waals surface area contributed by atoms with Crippen LogP contribution in [-0.2, 0) is 28.5 Å². The van der Waals surface area contributed by atoms with Gasteiger partial charge in [-0.05, 0) is 66.6 Å². The van der Waals surface area contributed by atoms with Gasteiger partial charge in [-0.2, -0.15) is 0 Å². The predicted molar refractivity (Wildman–Crippen MR) is 160 cm³/mol. The van der Waals surface area contributed by atoms with Crippen LogP contribution < -0.4 is 0 Å². The highest BCUT2D eigenvalue weighted by molar-refractivity contribution is 5.83. The first-order chi connectivity index (χ1) is 20.3. The summed E-state index contributed by atoms with van der Waals surface area (Å²) in [6.45, 7) is 11.0. The first-order valence-electron chi connectivity index (χ1n) is 15.4. The van der Waals surface area contributed by atoms with Crippen LogP contribution in [0.5, 0.6) is 0 Å². The van der Waals surface area contributed by atoms with Gasteiger partial charge in [-0.1, -0.05) is 25.9 Å². The summed E-state index contributed by atoms with van der Waals surface area (Å²) in [6, 6.07) is -0.275. The molecule has 14 heteroatoms. The smallest absolute Gasteiger partial charge is 0.311 e. The third-order valence-corrected chi connectivity index (χ3v) is 9.71. The number of likely N-dealkylation sites (N-methyl/N-ethyl adjacent to an activating group) is 1. The van der Waals surface area contributed by atoms with E-state index in [-0.39, 0.29) is 37.3 Å². The van der Waals surface area contributed by atoms with Crippen molar-refractivity contribution in [1.29, 1.82) is 0 Å².